The predicted octanol–water partition coefficient (Wildman–Crippen LogP) is 5.22. The van der Waals surface area contributed by atoms with Crippen molar-refractivity contribution in [1.29, 1.82) is 0 Å². The number of piperidine rings is 1. The van der Waals surface area contributed by atoms with Crippen LogP contribution in [0.15, 0.2) is 42.5 Å². The second-order valence-electron chi connectivity index (χ2n) is 9.29. The summed E-state index contributed by atoms with van der Waals surface area (Å²) < 4.78 is 61.6. The third-order valence-electron chi connectivity index (χ3n) is 6.73. The van der Waals surface area contributed by atoms with Crippen LogP contribution < -0.4 is 15.4 Å². The molecule has 0 aliphatic carbocycles. The van der Waals surface area contributed by atoms with E-state index < -0.39 is 30.9 Å². The van der Waals surface area contributed by atoms with Gasteiger partial charge in [0.25, 0.3) is 0 Å². The van der Waals surface area contributed by atoms with Crippen molar-refractivity contribution in [2.75, 3.05) is 43.9 Å². The lowest BCUT2D eigenvalue weighted by Gasteiger charge is -2.35. The average Bonchev–Trinajstić information content (AvgIpc) is 3.24. The monoisotopic (exact) mass is 546 g/mol. The molecule has 0 spiro atoms. The van der Waals surface area contributed by atoms with Gasteiger partial charge in [-0.05, 0) is 55.3 Å². The first-order chi connectivity index (χ1) is 18.6. The Morgan fingerprint density at radius 3 is 2.67 bits per heavy atom. The summed E-state index contributed by atoms with van der Waals surface area (Å²) in [5.74, 6) is 4.86. The van der Waals surface area contributed by atoms with Crippen LogP contribution in [0.2, 0.25) is 0 Å². The lowest BCUT2D eigenvalue weighted by Crippen LogP contribution is -2.47. The third-order valence-corrected chi connectivity index (χ3v) is 6.73. The number of nitrogens with one attached hydrogen (secondary N) is 2. The molecule has 2 atom stereocenters. The number of fused-ring (bicyclic) bond motifs is 1. The van der Waals surface area contributed by atoms with Gasteiger partial charge in [-0.3, -0.25) is 0 Å². The number of hydrogen-bond donors (Lipinski definition) is 3. The minimum atomic E-state index is -4.47. The van der Waals surface area contributed by atoms with Gasteiger partial charge in [0.05, 0.1) is 42.2 Å². The molecular formula is C28H30F4N4O3. The van der Waals surface area contributed by atoms with Gasteiger partial charge in [-0.15, -0.1) is 0 Å². The highest BCUT2D eigenvalue weighted by Gasteiger charge is 2.31. The Kier molecular flexibility index (Phi) is 8.55. The number of halogens is 4. The van der Waals surface area contributed by atoms with Gasteiger partial charge in [-0.2, -0.15) is 13.2 Å². The molecule has 11 heteroatoms. The number of carboxylic acids is 1. The van der Waals surface area contributed by atoms with Crippen molar-refractivity contribution >= 4 is 28.2 Å². The molecule has 2 heterocycles. The normalized spacial score (nSPS) is 17.9. The maximum absolute atomic E-state index is 14.8. The summed E-state index contributed by atoms with van der Waals surface area (Å²) in [5, 5.41) is 15.9. The second-order valence-corrected chi connectivity index (χ2v) is 9.29. The van der Waals surface area contributed by atoms with Gasteiger partial charge in [0.15, 0.2) is 0 Å². The molecule has 0 bridgehead atoms. The molecule has 2 aromatic carbocycles. The Morgan fingerprint density at radius 2 is 2.00 bits per heavy atom. The molecule has 3 N–H and O–H groups in total. The van der Waals surface area contributed by atoms with Crippen molar-refractivity contribution in [2.45, 2.75) is 38.3 Å². The molecule has 0 amide bonds. The summed E-state index contributed by atoms with van der Waals surface area (Å²) in [6.45, 7) is 2.65. The maximum Gasteiger partial charge on any atom is 0.406 e. The largest absolute Gasteiger partial charge is 0.495 e. The second kappa shape index (κ2) is 11.9. The van der Waals surface area contributed by atoms with E-state index in [2.05, 4.69) is 22.5 Å². The lowest BCUT2D eigenvalue weighted by molar-refractivity contribution is -0.140. The molecule has 1 aromatic heterocycles. The van der Waals surface area contributed by atoms with Gasteiger partial charge in [-0.25, -0.2) is 9.18 Å². The number of benzene rings is 2. The highest BCUT2D eigenvalue weighted by molar-refractivity contribution is 5.94. The van der Waals surface area contributed by atoms with E-state index in [1.807, 2.05) is 11.8 Å². The van der Waals surface area contributed by atoms with Crippen LogP contribution in [-0.2, 0) is 6.54 Å². The first-order valence-corrected chi connectivity index (χ1v) is 12.6. The van der Waals surface area contributed by atoms with Crippen molar-refractivity contribution in [2.24, 2.45) is 0 Å². The third kappa shape index (κ3) is 6.75. The smallest absolute Gasteiger partial charge is 0.406 e. The number of aromatic carboxylic acids is 1. The summed E-state index contributed by atoms with van der Waals surface area (Å²) in [6, 6.07) is 10.4. The Balaban J connectivity index is 1.59. The molecule has 0 radical (unpaired) electrons. The van der Waals surface area contributed by atoms with Gasteiger partial charge in [0.2, 0.25) is 0 Å². The highest BCUT2D eigenvalue weighted by Crippen LogP contribution is 2.32. The molecule has 1 fully saturated rings. The molecule has 3 aromatic rings. The number of methoxy groups -OCH3 is 1. The summed E-state index contributed by atoms with van der Waals surface area (Å²) in [5.41, 5.74) is 1.63. The van der Waals surface area contributed by atoms with Crippen LogP contribution in [0.3, 0.4) is 0 Å². The predicted molar refractivity (Wildman–Crippen MR) is 142 cm³/mol. The van der Waals surface area contributed by atoms with Gasteiger partial charge < -0.3 is 29.9 Å². The van der Waals surface area contributed by atoms with Crippen molar-refractivity contribution in [1.82, 2.24) is 9.47 Å². The van der Waals surface area contributed by atoms with E-state index in [0.717, 1.165) is 17.7 Å². The summed E-state index contributed by atoms with van der Waals surface area (Å²) >= 11 is 0. The number of likely N-dealkylation sites (tertiary alicyclic amines) is 1. The van der Waals surface area contributed by atoms with Crippen LogP contribution in [0.4, 0.5) is 28.9 Å². The fourth-order valence-electron chi connectivity index (χ4n) is 4.73. The number of nitrogens with zero attached hydrogens (tertiary/aromatic N) is 2. The van der Waals surface area contributed by atoms with Crippen molar-refractivity contribution < 1.29 is 32.2 Å². The lowest BCUT2D eigenvalue weighted by atomic mass is 10.0. The Bertz CT molecular complexity index is 1390. The molecule has 4 rings (SSSR count). The molecule has 1 saturated heterocycles. The zero-order chi connectivity index (χ0) is 28.2. The summed E-state index contributed by atoms with van der Waals surface area (Å²) in [4.78, 5) is 13.2. The van der Waals surface area contributed by atoms with E-state index >= 15 is 0 Å². The van der Waals surface area contributed by atoms with Gasteiger partial charge in [0.1, 0.15) is 18.5 Å². The van der Waals surface area contributed by atoms with Crippen LogP contribution in [-0.4, -0.2) is 72.2 Å². The molecular weight excluding hydrogens is 516 g/mol. The molecule has 1 aliphatic rings. The Morgan fingerprint density at radius 1 is 1.21 bits per heavy atom. The molecule has 1 aliphatic heterocycles. The number of rotatable bonds is 8. The van der Waals surface area contributed by atoms with E-state index in [9.17, 15) is 22.4 Å². The average molecular weight is 547 g/mol. The molecule has 0 saturated carbocycles. The fraction of sp³-hybridized carbons (Fsp3) is 0.393. The van der Waals surface area contributed by atoms with Crippen LogP contribution in [0, 0.1) is 11.8 Å². The van der Waals surface area contributed by atoms with E-state index in [0.29, 0.717) is 41.0 Å². The van der Waals surface area contributed by atoms with E-state index in [4.69, 9.17) is 9.84 Å². The van der Waals surface area contributed by atoms with Crippen molar-refractivity contribution in [3.63, 3.8) is 0 Å². The SMILES string of the molecule is CCN1CC[C@H](Nc2cccc3c2cc(C#CCNc2ccc(C(=O)O)cc2OC)n3CC(F)(F)F)[C@H](F)C1. The first-order valence-electron chi connectivity index (χ1n) is 12.6. The summed E-state index contributed by atoms with van der Waals surface area (Å²) in [6.07, 6.45) is -4.98. The zero-order valence-electron chi connectivity index (χ0n) is 21.6. The Hall–Kier alpha value is -3.91. The van der Waals surface area contributed by atoms with Crippen LogP contribution in [0.25, 0.3) is 10.9 Å². The number of aromatic nitrogens is 1. The minimum absolute atomic E-state index is 0.0552. The number of carboxylic acid groups (broad SMARTS) is 1. The molecule has 39 heavy (non-hydrogen) atoms. The quantitative estimate of drug-likeness (QED) is 0.266. The van der Waals surface area contributed by atoms with Gasteiger partial charge in [-0.1, -0.05) is 18.9 Å². The van der Waals surface area contributed by atoms with E-state index in [1.54, 1.807) is 24.3 Å². The van der Waals surface area contributed by atoms with Gasteiger partial charge in [0, 0.05) is 24.2 Å². The Labute approximate surface area is 223 Å². The summed E-state index contributed by atoms with van der Waals surface area (Å²) in [7, 11) is 1.40. The topological polar surface area (TPSA) is 78.8 Å². The number of carbonyl (C=O) groups is 1. The highest BCUT2D eigenvalue weighted by atomic mass is 19.4. The minimum Gasteiger partial charge on any atom is -0.495 e. The number of alkyl halides is 4. The van der Waals surface area contributed by atoms with Crippen LogP contribution in [0.1, 0.15) is 29.4 Å². The zero-order valence-corrected chi connectivity index (χ0v) is 21.6. The molecule has 7 nitrogen and oxygen atoms in total. The molecule has 208 valence electrons. The number of hydrogen-bond acceptors (Lipinski definition) is 5. The van der Waals surface area contributed by atoms with Crippen molar-refractivity contribution in [3.05, 3.63) is 53.7 Å². The number of ether oxygens (including phenoxy) is 1. The first kappa shape index (κ1) is 28.1. The van der Waals surface area contributed by atoms with E-state index in [1.165, 1.54) is 25.3 Å². The molecule has 0 unspecified atom stereocenters. The number of anilines is 2. The van der Waals surface area contributed by atoms with Crippen LogP contribution in [0.5, 0.6) is 5.75 Å². The standard InChI is InChI=1S/C28H30F4N4O3/c1-3-35-13-11-23(21(29)16-35)34-22-7-4-8-25-20(22)15-19(36(25)17-28(30,31)32)6-5-12-33-24-10-9-18(27(37)38)14-26(24)39-2/h4,7-10,14-15,21,23,33-34H,3,11-13,16-17H2,1-2H3,(H,37,38)/t21-,23+/m1/s1. The maximum atomic E-state index is 14.8. The fourth-order valence-corrected chi connectivity index (χ4v) is 4.73. The van der Waals surface area contributed by atoms with Gasteiger partial charge >= 0.3 is 12.1 Å². The van der Waals surface area contributed by atoms with E-state index in [-0.39, 0.29) is 17.8 Å². The van der Waals surface area contributed by atoms with Crippen molar-refractivity contribution in [3.8, 4) is 17.6 Å². The van der Waals surface area contributed by atoms with Crippen LogP contribution >= 0.6 is 0 Å².